The minimum atomic E-state index is -0.458. The standard InChI is InChI=1S/C11H13N5O2S/c1-7(11-13-2-3-19-11)14-8-4-9(15-12)6-10(5-8)16(17)18/h2-7,14-15H,12H2,1H3. The highest BCUT2D eigenvalue weighted by molar-refractivity contribution is 7.09. The maximum atomic E-state index is 10.8. The number of nitrogen functional groups attached to an aromatic ring is 1. The lowest BCUT2D eigenvalue weighted by Gasteiger charge is -2.13. The van der Waals surface area contributed by atoms with Crippen LogP contribution in [0.2, 0.25) is 0 Å². The van der Waals surface area contributed by atoms with Gasteiger partial charge in [-0.25, -0.2) is 4.98 Å². The molecule has 0 fully saturated rings. The lowest BCUT2D eigenvalue weighted by atomic mass is 10.2. The van der Waals surface area contributed by atoms with Gasteiger partial charge in [0, 0.05) is 29.4 Å². The number of non-ortho nitro benzene ring substituents is 1. The highest BCUT2D eigenvalue weighted by Gasteiger charge is 2.12. The first kappa shape index (κ1) is 13.2. The minimum absolute atomic E-state index is 0.0238. The van der Waals surface area contributed by atoms with Crippen LogP contribution in [0, 0.1) is 10.1 Å². The maximum Gasteiger partial charge on any atom is 0.273 e. The molecule has 0 saturated heterocycles. The summed E-state index contributed by atoms with van der Waals surface area (Å²) in [6.07, 6.45) is 1.72. The third-order valence-corrected chi connectivity index (χ3v) is 3.46. The first-order valence-corrected chi connectivity index (χ1v) is 6.40. The van der Waals surface area contributed by atoms with E-state index in [0.29, 0.717) is 11.4 Å². The van der Waals surface area contributed by atoms with E-state index in [4.69, 9.17) is 5.84 Å². The van der Waals surface area contributed by atoms with Crippen LogP contribution in [0.25, 0.3) is 0 Å². The van der Waals surface area contributed by atoms with Crippen LogP contribution in [0.15, 0.2) is 29.8 Å². The van der Waals surface area contributed by atoms with Crippen LogP contribution in [0.4, 0.5) is 17.1 Å². The van der Waals surface area contributed by atoms with Crippen LogP contribution in [0.1, 0.15) is 18.0 Å². The highest BCUT2D eigenvalue weighted by Crippen LogP contribution is 2.27. The number of nitrogens with two attached hydrogens (primary N) is 1. The molecule has 0 spiro atoms. The lowest BCUT2D eigenvalue weighted by Crippen LogP contribution is -2.10. The van der Waals surface area contributed by atoms with Crippen LogP contribution in [0.3, 0.4) is 0 Å². The lowest BCUT2D eigenvalue weighted by molar-refractivity contribution is -0.384. The fourth-order valence-corrected chi connectivity index (χ4v) is 2.29. The van der Waals surface area contributed by atoms with Gasteiger partial charge in [-0.15, -0.1) is 11.3 Å². The van der Waals surface area contributed by atoms with Gasteiger partial charge in [-0.3, -0.25) is 16.0 Å². The van der Waals surface area contributed by atoms with E-state index in [0.717, 1.165) is 5.01 Å². The van der Waals surface area contributed by atoms with Crippen molar-refractivity contribution in [3.8, 4) is 0 Å². The van der Waals surface area contributed by atoms with Gasteiger partial charge >= 0.3 is 0 Å². The summed E-state index contributed by atoms with van der Waals surface area (Å²) in [7, 11) is 0. The fourth-order valence-electron chi connectivity index (χ4n) is 1.64. The number of nitrogens with one attached hydrogen (secondary N) is 2. The van der Waals surface area contributed by atoms with Gasteiger partial charge in [0.1, 0.15) is 5.01 Å². The number of hydrazine groups is 1. The molecule has 0 aliphatic heterocycles. The maximum absolute atomic E-state index is 10.8. The number of nitrogens with zero attached hydrogens (tertiary/aromatic N) is 2. The summed E-state index contributed by atoms with van der Waals surface area (Å²) < 4.78 is 0. The Morgan fingerprint density at radius 3 is 2.74 bits per heavy atom. The summed E-state index contributed by atoms with van der Waals surface area (Å²) >= 11 is 1.52. The van der Waals surface area contributed by atoms with Crippen LogP contribution in [0.5, 0.6) is 0 Å². The van der Waals surface area contributed by atoms with Crippen molar-refractivity contribution in [3.63, 3.8) is 0 Å². The molecule has 1 aromatic heterocycles. The summed E-state index contributed by atoms with van der Waals surface area (Å²) in [4.78, 5) is 14.6. The van der Waals surface area contributed by atoms with Crippen molar-refractivity contribution in [1.29, 1.82) is 0 Å². The van der Waals surface area contributed by atoms with Gasteiger partial charge in [0.05, 0.1) is 16.7 Å². The van der Waals surface area contributed by atoms with E-state index in [1.54, 1.807) is 12.3 Å². The van der Waals surface area contributed by atoms with Crippen molar-refractivity contribution in [2.45, 2.75) is 13.0 Å². The van der Waals surface area contributed by atoms with Crippen molar-refractivity contribution in [1.82, 2.24) is 4.98 Å². The van der Waals surface area contributed by atoms with E-state index >= 15 is 0 Å². The average molecular weight is 279 g/mol. The summed E-state index contributed by atoms with van der Waals surface area (Å²) in [5, 5.41) is 16.8. The molecule has 0 aliphatic carbocycles. The van der Waals surface area contributed by atoms with Crippen LogP contribution in [-0.2, 0) is 0 Å². The number of nitro benzene ring substituents is 1. The van der Waals surface area contributed by atoms with E-state index < -0.39 is 4.92 Å². The van der Waals surface area contributed by atoms with Gasteiger partial charge in [-0.1, -0.05) is 0 Å². The van der Waals surface area contributed by atoms with Gasteiger partial charge < -0.3 is 10.7 Å². The number of rotatable bonds is 5. The molecule has 1 aromatic carbocycles. The zero-order chi connectivity index (χ0) is 13.8. The van der Waals surface area contributed by atoms with E-state index in [9.17, 15) is 10.1 Å². The SMILES string of the molecule is CC(Nc1cc(NN)cc([N+](=O)[O-])c1)c1nccs1. The molecule has 1 atom stereocenters. The molecular formula is C11H13N5O2S. The number of anilines is 2. The Bertz CT molecular complexity index is 572. The predicted molar refractivity (Wildman–Crippen MR) is 75.1 cm³/mol. The average Bonchev–Trinajstić information content (AvgIpc) is 2.92. The smallest absolute Gasteiger partial charge is 0.273 e. The number of aromatic nitrogens is 1. The predicted octanol–water partition coefficient (Wildman–Crippen LogP) is 2.51. The van der Waals surface area contributed by atoms with Crippen LogP contribution in [-0.4, -0.2) is 9.91 Å². The molecule has 2 aromatic rings. The Kier molecular flexibility index (Phi) is 3.93. The van der Waals surface area contributed by atoms with Crippen molar-refractivity contribution in [2.24, 2.45) is 5.84 Å². The monoisotopic (exact) mass is 279 g/mol. The van der Waals surface area contributed by atoms with Crippen molar-refractivity contribution >= 4 is 28.4 Å². The van der Waals surface area contributed by atoms with Crippen molar-refractivity contribution in [3.05, 3.63) is 44.9 Å². The largest absolute Gasteiger partial charge is 0.376 e. The van der Waals surface area contributed by atoms with Gasteiger partial charge in [0.15, 0.2) is 0 Å². The number of hydrogen-bond acceptors (Lipinski definition) is 7. The normalized spacial score (nSPS) is 11.9. The molecule has 2 rings (SSSR count). The van der Waals surface area contributed by atoms with Crippen molar-refractivity contribution < 1.29 is 4.92 Å². The molecule has 0 saturated carbocycles. The molecule has 0 amide bonds. The topological polar surface area (TPSA) is 106 Å². The molecule has 0 bridgehead atoms. The Hall–Kier alpha value is -2.19. The second kappa shape index (κ2) is 5.63. The first-order chi connectivity index (χ1) is 9.10. The van der Waals surface area contributed by atoms with Crippen LogP contribution < -0.4 is 16.6 Å². The number of thiazole rings is 1. The molecule has 0 aliphatic rings. The second-order valence-corrected chi connectivity index (χ2v) is 4.83. The molecule has 8 heteroatoms. The summed E-state index contributed by atoms with van der Waals surface area (Å²) in [5.74, 6) is 5.30. The van der Waals surface area contributed by atoms with E-state index in [2.05, 4.69) is 15.7 Å². The molecular weight excluding hydrogens is 266 g/mol. The number of benzene rings is 1. The molecule has 1 unspecified atom stereocenters. The third-order valence-electron chi connectivity index (χ3n) is 2.50. The quantitative estimate of drug-likeness (QED) is 0.441. The Morgan fingerprint density at radius 2 is 2.16 bits per heavy atom. The summed E-state index contributed by atoms with van der Waals surface area (Å²) in [6.45, 7) is 1.94. The zero-order valence-corrected chi connectivity index (χ0v) is 11.0. The minimum Gasteiger partial charge on any atom is -0.376 e. The number of nitro groups is 1. The summed E-state index contributed by atoms with van der Waals surface area (Å²) in [5.41, 5.74) is 3.48. The van der Waals surface area contributed by atoms with Gasteiger partial charge in [-0.2, -0.15) is 0 Å². The first-order valence-electron chi connectivity index (χ1n) is 5.52. The molecule has 1 heterocycles. The van der Waals surface area contributed by atoms with Gasteiger partial charge in [0.2, 0.25) is 0 Å². The number of hydrogen-bond donors (Lipinski definition) is 3. The Balaban J connectivity index is 2.24. The molecule has 19 heavy (non-hydrogen) atoms. The highest BCUT2D eigenvalue weighted by atomic mass is 32.1. The summed E-state index contributed by atoms with van der Waals surface area (Å²) in [6, 6.07) is 4.51. The van der Waals surface area contributed by atoms with E-state index in [-0.39, 0.29) is 11.7 Å². The van der Waals surface area contributed by atoms with Crippen molar-refractivity contribution in [2.75, 3.05) is 10.7 Å². The third kappa shape index (κ3) is 3.18. The molecule has 7 nitrogen and oxygen atoms in total. The molecule has 100 valence electrons. The second-order valence-electron chi connectivity index (χ2n) is 3.91. The van der Waals surface area contributed by atoms with Gasteiger partial charge in [0.25, 0.3) is 5.69 Å². The van der Waals surface area contributed by atoms with E-state index in [1.165, 1.54) is 23.5 Å². The molecule has 0 radical (unpaired) electrons. The van der Waals surface area contributed by atoms with E-state index in [1.807, 2.05) is 12.3 Å². The fraction of sp³-hybridized carbons (Fsp3) is 0.182. The zero-order valence-electron chi connectivity index (χ0n) is 10.2. The molecule has 4 N–H and O–H groups in total. The Morgan fingerprint density at radius 1 is 1.42 bits per heavy atom. The van der Waals surface area contributed by atoms with Crippen LogP contribution >= 0.6 is 11.3 Å². The Labute approximate surface area is 113 Å². The van der Waals surface area contributed by atoms with Gasteiger partial charge in [-0.05, 0) is 13.0 Å².